The van der Waals surface area contributed by atoms with Crippen LogP contribution in [0.25, 0.3) is 0 Å². The Morgan fingerprint density at radius 2 is 2.06 bits per heavy atom. The summed E-state index contributed by atoms with van der Waals surface area (Å²) in [5.41, 5.74) is 0.359. The lowest BCUT2D eigenvalue weighted by Gasteiger charge is -2.16. The van der Waals surface area contributed by atoms with Gasteiger partial charge < -0.3 is 10.4 Å². The molecule has 0 aromatic heterocycles. The van der Waals surface area contributed by atoms with Crippen molar-refractivity contribution < 1.29 is 14.7 Å². The van der Waals surface area contributed by atoms with Gasteiger partial charge in [0.1, 0.15) is 6.04 Å². The lowest BCUT2D eigenvalue weighted by Crippen LogP contribution is -2.41. The van der Waals surface area contributed by atoms with E-state index in [0.717, 1.165) is 0 Å². The highest BCUT2D eigenvalue weighted by Gasteiger charge is 2.21. The van der Waals surface area contributed by atoms with Gasteiger partial charge in [-0.2, -0.15) is 0 Å². The fraction of sp³-hybridized carbons (Fsp3) is 0.385. The van der Waals surface area contributed by atoms with E-state index in [2.05, 4.69) is 5.32 Å². The van der Waals surface area contributed by atoms with E-state index in [-0.39, 0.29) is 5.92 Å². The second kappa shape index (κ2) is 6.40. The highest BCUT2D eigenvalue weighted by atomic mass is 35.5. The lowest BCUT2D eigenvalue weighted by atomic mass is 10.0. The summed E-state index contributed by atoms with van der Waals surface area (Å²) < 4.78 is 0. The van der Waals surface area contributed by atoms with Crippen LogP contribution in [0, 0.1) is 5.92 Å². The molecule has 0 aliphatic heterocycles. The van der Waals surface area contributed by atoms with E-state index >= 15 is 0 Å². The first-order chi connectivity index (χ1) is 8.40. The van der Waals surface area contributed by atoms with E-state index in [1.165, 1.54) is 6.07 Å². The molecule has 0 aliphatic rings. The van der Waals surface area contributed by atoms with Crippen molar-refractivity contribution in [2.75, 3.05) is 0 Å². The van der Waals surface area contributed by atoms with Gasteiger partial charge in [-0.15, -0.1) is 0 Å². The zero-order valence-electron chi connectivity index (χ0n) is 10.3. The van der Waals surface area contributed by atoms with E-state index in [4.69, 9.17) is 16.7 Å². The smallest absolute Gasteiger partial charge is 0.326 e. The standard InChI is InChI=1S/C13H16ClNO3/c1-8(2)6-11(13(17)18)15-12(16)9-4-3-5-10(14)7-9/h3-5,7-8,11H,6H2,1-2H3,(H,15,16)(H,17,18)/t11-/m1/s1. The number of hydrogen-bond donors (Lipinski definition) is 2. The van der Waals surface area contributed by atoms with Crippen LogP contribution in [-0.4, -0.2) is 23.0 Å². The number of rotatable bonds is 5. The number of hydrogen-bond acceptors (Lipinski definition) is 2. The molecule has 0 bridgehead atoms. The normalized spacial score (nSPS) is 12.2. The molecule has 0 radical (unpaired) electrons. The summed E-state index contributed by atoms with van der Waals surface area (Å²) in [4.78, 5) is 22.9. The van der Waals surface area contributed by atoms with Gasteiger partial charge >= 0.3 is 5.97 Å². The summed E-state index contributed by atoms with van der Waals surface area (Å²) in [6, 6.07) is 5.52. The topological polar surface area (TPSA) is 66.4 Å². The predicted molar refractivity (Wildman–Crippen MR) is 69.8 cm³/mol. The van der Waals surface area contributed by atoms with Crippen LogP contribution >= 0.6 is 11.6 Å². The third kappa shape index (κ3) is 4.37. The molecule has 4 nitrogen and oxygen atoms in total. The summed E-state index contributed by atoms with van der Waals surface area (Å²) in [5, 5.41) is 12.0. The van der Waals surface area contributed by atoms with Crippen LogP contribution in [0.1, 0.15) is 30.6 Å². The number of aliphatic carboxylic acids is 1. The molecule has 0 heterocycles. The van der Waals surface area contributed by atoms with Gasteiger partial charge in [0.15, 0.2) is 0 Å². The molecule has 0 aliphatic carbocycles. The predicted octanol–water partition coefficient (Wildman–Crippen LogP) is 2.57. The summed E-state index contributed by atoms with van der Waals surface area (Å²) in [6.07, 6.45) is 0.391. The Morgan fingerprint density at radius 1 is 1.39 bits per heavy atom. The third-order valence-corrected chi connectivity index (χ3v) is 2.63. The molecule has 1 aromatic rings. The molecule has 2 N–H and O–H groups in total. The van der Waals surface area contributed by atoms with E-state index in [1.807, 2.05) is 13.8 Å². The zero-order valence-corrected chi connectivity index (χ0v) is 11.1. The fourth-order valence-corrected chi connectivity index (χ4v) is 1.75. The number of amides is 1. The maximum atomic E-state index is 11.9. The molecule has 0 unspecified atom stereocenters. The molecule has 1 amide bonds. The van der Waals surface area contributed by atoms with Gasteiger partial charge in [0.25, 0.3) is 5.91 Å². The van der Waals surface area contributed by atoms with Crippen molar-refractivity contribution in [1.82, 2.24) is 5.32 Å². The quantitative estimate of drug-likeness (QED) is 0.863. The van der Waals surface area contributed by atoms with Crippen LogP contribution in [0.5, 0.6) is 0 Å². The van der Waals surface area contributed by atoms with Gasteiger partial charge in [-0.25, -0.2) is 4.79 Å². The number of carbonyl (C=O) groups is 2. The fourth-order valence-electron chi connectivity index (χ4n) is 1.56. The molecule has 5 heteroatoms. The van der Waals surface area contributed by atoms with E-state index < -0.39 is 17.9 Å². The van der Waals surface area contributed by atoms with Crippen LogP contribution in [0.2, 0.25) is 5.02 Å². The van der Waals surface area contributed by atoms with Crippen molar-refractivity contribution in [1.29, 1.82) is 0 Å². The van der Waals surface area contributed by atoms with Crippen molar-refractivity contribution in [3.63, 3.8) is 0 Å². The first-order valence-electron chi connectivity index (χ1n) is 5.69. The monoisotopic (exact) mass is 269 g/mol. The molecule has 0 saturated heterocycles. The van der Waals surface area contributed by atoms with Crippen molar-refractivity contribution in [3.05, 3.63) is 34.9 Å². The van der Waals surface area contributed by atoms with Crippen molar-refractivity contribution in [3.8, 4) is 0 Å². The molecular weight excluding hydrogens is 254 g/mol. The van der Waals surface area contributed by atoms with E-state index in [9.17, 15) is 9.59 Å². The third-order valence-electron chi connectivity index (χ3n) is 2.40. The second-order valence-electron chi connectivity index (χ2n) is 4.50. The minimum Gasteiger partial charge on any atom is -0.480 e. The Labute approximate surface area is 111 Å². The first kappa shape index (κ1) is 14.5. The molecule has 98 valence electrons. The van der Waals surface area contributed by atoms with Gasteiger partial charge in [0, 0.05) is 10.6 Å². The number of benzene rings is 1. The van der Waals surface area contributed by atoms with E-state index in [1.54, 1.807) is 18.2 Å². The molecule has 18 heavy (non-hydrogen) atoms. The molecule has 0 spiro atoms. The molecule has 0 fully saturated rings. The summed E-state index contributed by atoms with van der Waals surface area (Å²) in [5.74, 6) is -1.27. The van der Waals surface area contributed by atoms with Crippen LogP contribution in [0.3, 0.4) is 0 Å². The minimum absolute atomic E-state index is 0.186. The number of carbonyl (C=O) groups excluding carboxylic acids is 1. The first-order valence-corrected chi connectivity index (χ1v) is 6.07. The Kier molecular flexibility index (Phi) is 5.16. The van der Waals surface area contributed by atoms with Gasteiger partial charge in [0.2, 0.25) is 0 Å². The minimum atomic E-state index is -1.03. The second-order valence-corrected chi connectivity index (χ2v) is 4.94. The van der Waals surface area contributed by atoms with Gasteiger partial charge in [-0.05, 0) is 30.5 Å². The Balaban J connectivity index is 2.75. The lowest BCUT2D eigenvalue weighted by molar-refractivity contribution is -0.139. The average Bonchev–Trinajstić information content (AvgIpc) is 2.27. The van der Waals surface area contributed by atoms with Gasteiger partial charge in [-0.3, -0.25) is 4.79 Å². The average molecular weight is 270 g/mol. The number of carboxylic acid groups (broad SMARTS) is 1. The van der Waals surface area contributed by atoms with Crippen LogP contribution < -0.4 is 5.32 Å². The van der Waals surface area contributed by atoms with Crippen molar-refractivity contribution in [2.45, 2.75) is 26.3 Å². The summed E-state index contributed by atoms with van der Waals surface area (Å²) >= 11 is 5.78. The Morgan fingerprint density at radius 3 is 2.56 bits per heavy atom. The number of nitrogens with one attached hydrogen (secondary N) is 1. The van der Waals surface area contributed by atoms with E-state index in [0.29, 0.717) is 17.0 Å². The van der Waals surface area contributed by atoms with Gasteiger partial charge in [0.05, 0.1) is 0 Å². The largest absolute Gasteiger partial charge is 0.480 e. The molecule has 0 saturated carbocycles. The SMILES string of the molecule is CC(C)C[C@@H](NC(=O)c1cccc(Cl)c1)C(=O)O. The van der Waals surface area contributed by atoms with Crippen LogP contribution in [0.15, 0.2) is 24.3 Å². The highest BCUT2D eigenvalue weighted by Crippen LogP contribution is 2.11. The van der Waals surface area contributed by atoms with Crippen LogP contribution in [0.4, 0.5) is 0 Å². The maximum Gasteiger partial charge on any atom is 0.326 e. The summed E-state index contributed by atoms with van der Waals surface area (Å²) in [7, 11) is 0. The Hall–Kier alpha value is -1.55. The van der Waals surface area contributed by atoms with Crippen molar-refractivity contribution >= 4 is 23.5 Å². The molecular formula is C13H16ClNO3. The Bertz CT molecular complexity index is 446. The summed E-state index contributed by atoms with van der Waals surface area (Å²) in [6.45, 7) is 3.81. The molecule has 1 aromatic carbocycles. The molecule has 1 rings (SSSR count). The molecule has 1 atom stereocenters. The zero-order chi connectivity index (χ0) is 13.7. The van der Waals surface area contributed by atoms with Crippen LogP contribution in [-0.2, 0) is 4.79 Å². The van der Waals surface area contributed by atoms with Gasteiger partial charge in [-0.1, -0.05) is 31.5 Å². The maximum absolute atomic E-state index is 11.9. The highest BCUT2D eigenvalue weighted by molar-refractivity contribution is 6.30. The number of carboxylic acids is 1. The van der Waals surface area contributed by atoms with Crippen molar-refractivity contribution in [2.24, 2.45) is 5.92 Å². The number of halogens is 1.